The first kappa shape index (κ1) is 32.5. The Balaban J connectivity index is 0.000000284. The fourth-order valence-electron chi connectivity index (χ4n) is 5.30. The minimum atomic E-state index is -2.57. The summed E-state index contributed by atoms with van der Waals surface area (Å²) in [5, 5.41) is 24.4. The molecule has 7 heteroatoms. The van der Waals surface area contributed by atoms with Gasteiger partial charge in [-0.25, -0.2) is 4.98 Å². The average molecular weight is 758 g/mol. The van der Waals surface area contributed by atoms with Gasteiger partial charge in [-0.15, -0.1) is 11.3 Å². The summed E-state index contributed by atoms with van der Waals surface area (Å²) < 4.78 is 27.9. The minimum absolute atomic E-state index is 0.121. The average Bonchev–Trinajstić information content (AvgIpc) is 3.72. The second-order valence-electron chi connectivity index (χ2n) is 11.4. The molecule has 236 valence electrons. The Morgan fingerprint density at radius 3 is 1.50 bits per heavy atom. The second-order valence-corrected chi connectivity index (χ2v) is 26.8. The molecule has 4 aromatic rings. The van der Waals surface area contributed by atoms with Gasteiger partial charge in [0, 0.05) is 15.1 Å². The molecule has 2 aromatic heterocycles. The zero-order valence-corrected chi connectivity index (χ0v) is 32.1. The maximum Gasteiger partial charge on any atom is 0.124 e. The number of hydrogen-bond acceptors (Lipinski definition) is 6. The molecule has 0 atom stereocenters. The van der Waals surface area contributed by atoms with Crippen LogP contribution in [-0.4, -0.2) is 28.3 Å². The third kappa shape index (κ3) is 11.8. The van der Waals surface area contributed by atoms with Crippen molar-refractivity contribution < 1.29 is 4.11 Å². The molecule has 2 heterocycles. The smallest absolute Gasteiger partial charge is 0.124 e. The van der Waals surface area contributed by atoms with Crippen LogP contribution in [0.4, 0.5) is 0 Å². The zero-order chi connectivity index (χ0) is 35.9. The topological polar surface area (TPSA) is 73.4 Å². The molecule has 2 aromatic carbocycles. The van der Waals surface area contributed by atoms with Gasteiger partial charge in [-0.3, -0.25) is 0 Å². The predicted octanol–water partition coefficient (Wildman–Crippen LogP) is 9.81. The van der Waals surface area contributed by atoms with Gasteiger partial charge in [-0.2, -0.15) is 5.26 Å². The Bertz CT molecular complexity index is 1880. The van der Waals surface area contributed by atoms with Crippen LogP contribution in [0.2, 0.25) is 13.3 Å². The fraction of sp³-hybridized carbons (Fsp3) is 0.385. The van der Waals surface area contributed by atoms with Crippen LogP contribution in [0.15, 0.2) is 47.2 Å². The monoisotopic (exact) mass is 758 g/mol. The maximum absolute atomic E-state index is 9.68. The summed E-state index contributed by atoms with van der Waals surface area (Å²) in [5.74, 6) is 12.2. The molecule has 0 aliphatic heterocycles. The van der Waals surface area contributed by atoms with Gasteiger partial charge in [-0.1, -0.05) is 5.92 Å². The number of aryl methyl sites for hydroxylation is 3. The normalized spacial score (nSPS) is 11.6. The van der Waals surface area contributed by atoms with Gasteiger partial charge in [0.15, 0.2) is 0 Å². The molecule has 4 rings (SSSR count). The van der Waals surface area contributed by atoms with Crippen LogP contribution in [0.5, 0.6) is 0 Å². The summed E-state index contributed by atoms with van der Waals surface area (Å²) in [6.45, 7) is 8.54. The Hall–Kier alpha value is -3.40. The van der Waals surface area contributed by atoms with Crippen LogP contribution in [0.25, 0.3) is 0 Å². The summed E-state index contributed by atoms with van der Waals surface area (Å²) in [4.78, 5) is 8.66. The number of hydrogen-bond donors (Lipinski definition) is 0. The summed E-state index contributed by atoms with van der Waals surface area (Å²) in [7, 11) is 0. The molecule has 0 bridgehead atoms. The molecule has 0 unspecified atom stereocenters. The molecular formula is C39H44N4S2Sn. The first-order valence-electron chi connectivity index (χ1n) is 17.4. The molecule has 0 aliphatic carbocycles. The van der Waals surface area contributed by atoms with Crippen molar-refractivity contribution in [2.75, 3.05) is 0 Å². The maximum atomic E-state index is 9.68. The van der Waals surface area contributed by atoms with E-state index < -0.39 is 25.2 Å². The van der Waals surface area contributed by atoms with Crippen molar-refractivity contribution in [3.63, 3.8) is 0 Å². The SMILES string of the molecule is CCC[CH2][Sn]([CH2]CCC)([CH2]CCC)[c]1cc(C#N)cc(C#Cc2csc(C)n2)c1.[3H]C([3H])([3H])c1cc(C#N)cc(C#Cc2csc(C)n2)c1. The van der Waals surface area contributed by atoms with Crippen LogP contribution >= 0.6 is 22.7 Å². The number of benzene rings is 2. The largest absolute Gasteiger partial charge is 0.233 e. The van der Waals surface area contributed by atoms with E-state index in [4.69, 9.17) is 9.37 Å². The summed E-state index contributed by atoms with van der Waals surface area (Å²) in [6, 6.07) is 15.3. The third-order valence-corrected chi connectivity index (χ3v) is 24.8. The Kier molecular flexibility index (Phi) is 13.7. The van der Waals surface area contributed by atoms with E-state index >= 15 is 0 Å². The van der Waals surface area contributed by atoms with Crippen molar-refractivity contribution in [2.45, 2.75) is 93.3 Å². The first-order valence-corrected chi connectivity index (χ1v) is 25.2. The summed E-state index contributed by atoms with van der Waals surface area (Å²) in [6.07, 6.45) is 7.72. The predicted molar refractivity (Wildman–Crippen MR) is 197 cm³/mol. The summed E-state index contributed by atoms with van der Waals surface area (Å²) >= 11 is 0.550. The van der Waals surface area contributed by atoms with Crippen molar-refractivity contribution >= 4 is 44.6 Å². The van der Waals surface area contributed by atoms with E-state index in [0.29, 0.717) is 11.3 Å². The van der Waals surface area contributed by atoms with Crippen LogP contribution < -0.4 is 3.58 Å². The zero-order valence-electron chi connectivity index (χ0n) is 30.6. The Labute approximate surface area is 293 Å². The molecule has 0 radical (unpaired) electrons. The molecule has 0 fully saturated rings. The molecule has 0 saturated carbocycles. The van der Waals surface area contributed by atoms with E-state index in [-0.39, 0.29) is 11.1 Å². The number of nitriles is 2. The Morgan fingerprint density at radius 1 is 0.652 bits per heavy atom. The van der Waals surface area contributed by atoms with Crippen molar-refractivity contribution in [3.05, 3.63) is 96.4 Å². The number of nitrogens with zero attached hydrogens (tertiary/aromatic N) is 4. The molecule has 0 N–H and O–H groups in total. The van der Waals surface area contributed by atoms with Crippen LogP contribution in [0, 0.1) is 67.0 Å². The number of thiazole rings is 2. The van der Waals surface area contributed by atoms with E-state index in [2.05, 4.69) is 72.6 Å². The van der Waals surface area contributed by atoms with Gasteiger partial charge in [0.2, 0.25) is 0 Å². The molecule has 0 saturated heterocycles. The van der Waals surface area contributed by atoms with Gasteiger partial charge >= 0.3 is 186 Å². The van der Waals surface area contributed by atoms with Crippen molar-refractivity contribution in [2.24, 2.45) is 0 Å². The molecule has 0 spiro atoms. The minimum Gasteiger partial charge on any atom is -0.233 e. The van der Waals surface area contributed by atoms with Crippen LogP contribution in [0.3, 0.4) is 0 Å². The number of unbranched alkanes of at least 4 members (excludes halogenated alkanes) is 3. The van der Waals surface area contributed by atoms with Gasteiger partial charge in [0.05, 0.1) is 16.6 Å². The van der Waals surface area contributed by atoms with Crippen molar-refractivity contribution in [1.29, 1.82) is 10.5 Å². The van der Waals surface area contributed by atoms with Crippen molar-refractivity contribution in [1.82, 2.24) is 9.97 Å². The van der Waals surface area contributed by atoms with Crippen LogP contribution in [0.1, 0.15) is 113 Å². The molecule has 0 aliphatic rings. The van der Waals surface area contributed by atoms with E-state index in [1.807, 2.05) is 36.7 Å². The van der Waals surface area contributed by atoms with Crippen LogP contribution in [-0.2, 0) is 0 Å². The first-order chi connectivity index (χ1) is 23.4. The second kappa shape index (κ2) is 19.3. The van der Waals surface area contributed by atoms with E-state index in [1.54, 1.807) is 17.4 Å². The third-order valence-electron chi connectivity index (χ3n) is 7.67. The van der Waals surface area contributed by atoms with E-state index in [0.717, 1.165) is 26.8 Å². The van der Waals surface area contributed by atoms with Gasteiger partial charge < -0.3 is 0 Å². The van der Waals surface area contributed by atoms with Gasteiger partial charge in [0.25, 0.3) is 0 Å². The van der Waals surface area contributed by atoms with Gasteiger partial charge in [0.1, 0.15) is 5.69 Å². The molecule has 4 nitrogen and oxygen atoms in total. The van der Waals surface area contributed by atoms with Gasteiger partial charge in [-0.05, 0) is 43.5 Å². The fourth-order valence-corrected chi connectivity index (χ4v) is 22.5. The number of rotatable bonds is 10. The van der Waals surface area contributed by atoms with E-state index in [1.165, 1.54) is 78.9 Å². The summed E-state index contributed by atoms with van der Waals surface area (Å²) in [5.41, 5.74) is 4.13. The molecule has 0 amide bonds. The quantitative estimate of drug-likeness (QED) is 0.119. The standard InChI is InChI=1S/C14H10N2S.C13H7N2S.3C4H9.Sn/c1-10-5-12(7-13(6-10)8-15)3-4-14-9-17-11(2)16-14;1-10-15-13(9-16-10)6-5-11-3-2-4-12(7-11)8-14;3*1-3-4-2;/h5-7,9H,1-2H3;3-4,7,9H,1H3;3*1,3-4H2,2H3;/i1T3;;;;;. The molecule has 46 heavy (non-hydrogen) atoms. The van der Waals surface area contributed by atoms with E-state index in [9.17, 15) is 5.26 Å². The number of aromatic nitrogens is 2. The molecular weight excluding hydrogens is 707 g/mol. The van der Waals surface area contributed by atoms with Crippen molar-refractivity contribution in [3.8, 4) is 35.8 Å². The Morgan fingerprint density at radius 2 is 1.09 bits per heavy atom.